The van der Waals surface area contributed by atoms with E-state index in [9.17, 15) is 22.8 Å². The van der Waals surface area contributed by atoms with Gasteiger partial charge in [0, 0.05) is 37.3 Å². The third kappa shape index (κ3) is 2.64. The molecule has 4 heterocycles. The fourth-order valence-electron chi connectivity index (χ4n) is 4.34. The summed E-state index contributed by atoms with van der Waals surface area (Å²) in [5, 5.41) is 3.14. The number of aromatic nitrogens is 1. The molecule has 0 saturated carbocycles. The van der Waals surface area contributed by atoms with Gasteiger partial charge in [-0.3, -0.25) is 14.9 Å². The molecule has 3 amide bonds. The van der Waals surface area contributed by atoms with Gasteiger partial charge in [0.1, 0.15) is 0 Å². The van der Waals surface area contributed by atoms with Crippen LogP contribution in [-0.4, -0.2) is 53.6 Å². The Kier molecular flexibility index (Phi) is 3.92. The molecule has 2 bridgehead atoms. The second-order valence-corrected chi connectivity index (χ2v) is 9.29. The van der Waals surface area contributed by atoms with Crippen molar-refractivity contribution >= 4 is 22.0 Å². The normalized spacial score (nSPS) is 31.7. The van der Waals surface area contributed by atoms with Crippen LogP contribution in [0.25, 0.3) is 0 Å². The fraction of sp³-hybridized carbons (Fsp3) is 0.562. The monoisotopic (exact) mass is 380 g/mol. The van der Waals surface area contributed by atoms with Crippen molar-refractivity contribution in [3.05, 3.63) is 34.2 Å². The lowest BCUT2D eigenvalue weighted by Crippen LogP contribution is -2.65. The zero-order valence-electron chi connectivity index (χ0n) is 14.2. The molecule has 140 valence electrons. The molecule has 4 rings (SSSR count). The number of piperidine rings is 1. The number of hydrogen-bond acceptors (Lipinski definition) is 5. The Balaban J connectivity index is 1.65. The quantitative estimate of drug-likeness (QED) is 0.696. The van der Waals surface area contributed by atoms with E-state index < -0.39 is 33.3 Å². The smallest absolute Gasteiger partial charge is 0.321 e. The van der Waals surface area contributed by atoms with Crippen molar-refractivity contribution in [3.63, 3.8) is 0 Å². The number of sulfonamides is 1. The maximum Gasteiger partial charge on any atom is 0.321 e. The number of amides is 3. The van der Waals surface area contributed by atoms with Gasteiger partial charge in [-0.05, 0) is 25.3 Å². The van der Waals surface area contributed by atoms with Crippen LogP contribution in [-0.2, 0) is 21.4 Å². The molecule has 1 aromatic heterocycles. The molecule has 2 N–H and O–H groups in total. The molecule has 0 aromatic carbocycles. The molecular weight excluding hydrogens is 360 g/mol. The lowest BCUT2D eigenvalue weighted by Gasteiger charge is -2.43. The maximum atomic E-state index is 13.1. The van der Waals surface area contributed by atoms with Crippen molar-refractivity contribution in [1.29, 1.82) is 0 Å². The number of rotatable bonds is 2. The molecule has 2 fully saturated rings. The maximum absolute atomic E-state index is 13.1. The van der Waals surface area contributed by atoms with Crippen molar-refractivity contribution in [2.75, 3.05) is 13.1 Å². The predicted octanol–water partition coefficient (Wildman–Crippen LogP) is -0.806. The number of pyridine rings is 1. The van der Waals surface area contributed by atoms with Gasteiger partial charge in [-0.15, -0.1) is 0 Å². The molecule has 3 aliphatic rings. The molecule has 0 aliphatic carbocycles. The number of nitrogens with one attached hydrogen (secondary N) is 2. The minimum atomic E-state index is -3.94. The summed E-state index contributed by atoms with van der Waals surface area (Å²) in [5.74, 6) is -0.857. The molecule has 4 atom stereocenters. The second-order valence-electron chi connectivity index (χ2n) is 7.23. The number of hydrogen-bond donors (Lipinski definition) is 2. The second kappa shape index (κ2) is 5.92. The van der Waals surface area contributed by atoms with Crippen LogP contribution in [0.5, 0.6) is 0 Å². The number of carbonyl (C=O) groups excluding carboxylic acids is 2. The predicted molar refractivity (Wildman–Crippen MR) is 92.0 cm³/mol. The topological polar surface area (TPSA) is 118 Å². The van der Waals surface area contributed by atoms with Gasteiger partial charge in [0.2, 0.25) is 15.9 Å². The first-order valence-corrected chi connectivity index (χ1v) is 10.1. The Labute approximate surface area is 150 Å². The van der Waals surface area contributed by atoms with E-state index in [1.54, 1.807) is 10.6 Å². The average Bonchev–Trinajstić information content (AvgIpc) is 2.54. The Morgan fingerprint density at radius 2 is 1.88 bits per heavy atom. The van der Waals surface area contributed by atoms with Crippen LogP contribution in [0.3, 0.4) is 0 Å². The van der Waals surface area contributed by atoms with E-state index in [-0.39, 0.29) is 30.5 Å². The van der Waals surface area contributed by atoms with Crippen LogP contribution in [0.2, 0.25) is 0 Å². The van der Waals surface area contributed by atoms with E-state index in [2.05, 4.69) is 5.32 Å². The zero-order chi connectivity index (χ0) is 18.6. The van der Waals surface area contributed by atoms with Crippen molar-refractivity contribution in [3.8, 4) is 0 Å². The highest BCUT2D eigenvalue weighted by molar-refractivity contribution is 7.90. The third-order valence-electron chi connectivity index (χ3n) is 5.44. The summed E-state index contributed by atoms with van der Waals surface area (Å²) < 4.78 is 29.3. The minimum Gasteiger partial charge on any atom is -0.333 e. The summed E-state index contributed by atoms with van der Waals surface area (Å²) in [4.78, 5) is 35.6. The van der Waals surface area contributed by atoms with Crippen molar-refractivity contribution in [2.45, 2.75) is 37.1 Å². The van der Waals surface area contributed by atoms with E-state index in [0.29, 0.717) is 6.54 Å². The van der Waals surface area contributed by atoms with Gasteiger partial charge in [0.25, 0.3) is 5.56 Å². The number of fused-ring (bicyclic) bond motifs is 4. The SMILES string of the molecule is CC1NC(=O)NC(=O)C1S(=O)(=O)N1CC2CC(C1)c1cccc(=O)n1C2. The molecule has 10 heteroatoms. The number of urea groups is 1. The summed E-state index contributed by atoms with van der Waals surface area (Å²) in [7, 11) is -3.94. The molecule has 1 aromatic rings. The molecule has 3 aliphatic heterocycles. The van der Waals surface area contributed by atoms with Gasteiger partial charge in [-0.2, -0.15) is 0 Å². The molecule has 2 saturated heterocycles. The fourth-order valence-corrected chi connectivity index (χ4v) is 6.38. The molecule has 9 nitrogen and oxygen atoms in total. The lowest BCUT2D eigenvalue weighted by atomic mass is 9.84. The van der Waals surface area contributed by atoms with E-state index in [1.807, 2.05) is 11.4 Å². The van der Waals surface area contributed by atoms with E-state index in [1.165, 1.54) is 17.3 Å². The molecule has 4 unspecified atom stereocenters. The van der Waals surface area contributed by atoms with Crippen LogP contribution < -0.4 is 16.2 Å². The molecular formula is C16H20N4O5S. The summed E-state index contributed by atoms with van der Waals surface area (Å²) in [5.41, 5.74) is 0.764. The van der Waals surface area contributed by atoms with Gasteiger partial charge in [-0.1, -0.05) is 6.07 Å². The van der Waals surface area contributed by atoms with E-state index >= 15 is 0 Å². The van der Waals surface area contributed by atoms with Gasteiger partial charge < -0.3 is 9.88 Å². The first kappa shape index (κ1) is 17.2. The van der Waals surface area contributed by atoms with Crippen molar-refractivity contribution < 1.29 is 18.0 Å². The Morgan fingerprint density at radius 1 is 1.12 bits per heavy atom. The number of nitrogens with zero attached hydrogens (tertiary/aromatic N) is 2. The van der Waals surface area contributed by atoms with Crippen LogP contribution in [0.15, 0.2) is 23.0 Å². The summed E-state index contributed by atoms with van der Waals surface area (Å²) >= 11 is 0. The zero-order valence-corrected chi connectivity index (χ0v) is 15.0. The first-order valence-electron chi connectivity index (χ1n) is 8.57. The number of imide groups is 1. The molecule has 0 radical (unpaired) electrons. The highest BCUT2D eigenvalue weighted by Crippen LogP contribution is 2.36. The van der Waals surface area contributed by atoms with Gasteiger partial charge in [0.15, 0.2) is 5.25 Å². The van der Waals surface area contributed by atoms with Crippen LogP contribution in [0, 0.1) is 5.92 Å². The van der Waals surface area contributed by atoms with Gasteiger partial charge in [-0.25, -0.2) is 17.5 Å². The summed E-state index contributed by atoms with van der Waals surface area (Å²) in [6.07, 6.45) is 0.818. The third-order valence-corrected chi connectivity index (χ3v) is 7.72. The van der Waals surface area contributed by atoms with Crippen molar-refractivity contribution in [2.24, 2.45) is 5.92 Å². The Morgan fingerprint density at radius 3 is 2.62 bits per heavy atom. The van der Waals surface area contributed by atoms with E-state index in [4.69, 9.17) is 0 Å². The summed E-state index contributed by atoms with van der Waals surface area (Å²) in [6.45, 7) is 2.48. The molecule has 26 heavy (non-hydrogen) atoms. The first-order chi connectivity index (χ1) is 12.3. The lowest BCUT2D eigenvalue weighted by molar-refractivity contribution is -0.120. The Bertz CT molecular complexity index is 940. The van der Waals surface area contributed by atoms with Crippen LogP contribution in [0.1, 0.15) is 25.0 Å². The van der Waals surface area contributed by atoms with E-state index in [0.717, 1.165) is 12.1 Å². The van der Waals surface area contributed by atoms with Gasteiger partial charge >= 0.3 is 6.03 Å². The average molecular weight is 380 g/mol. The highest BCUT2D eigenvalue weighted by Gasteiger charge is 2.48. The standard InChI is InChI=1S/C16H20N4O5S/c1-9-14(15(22)18-16(23)17-9)26(24,25)19-6-10-5-11(8-19)12-3-2-4-13(21)20(12)7-10/h2-4,9-11,14H,5-8H2,1H3,(H2,17,18,22,23). The van der Waals surface area contributed by atoms with Crippen LogP contribution in [0.4, 0.5) is 4.79 Å². The largest absolute Gasteiger partial charge is 0.333 e. The van der Waals surface area contributed by atoms with Crippen molar-refractivity contribution in [1.82, 2.24) is 19.5 Å². The molecule has 0 spiro atoms. The summed E-state index contributed by atoms with van der Waals surface area (Å²) in [6, 6.07) is 3.56. The highest BCUT2D eigenvalue weighted by atomic mass is 32.2. The minimum absolute atomic E-state index is 0.0210. The van der Waals surface area contributed by atoms with Crippen LogP contribution >= 0.6 is 0 Å². The van der Waals surface area contributed by atoms with Gasteiger partial charge in [0.05, 0.1) is 6.04 Å². The number of carbonyl (C=O) groups is 2. The Hall–Kier alpha value is -2.20.